The summed E-state index contributed by atoms with van der Waals surface area (Å²) < 4.78 is 101. The maximum Gasteiger partial charge on any atom is 0.333 e. The van der Waals surface area contributed by atoms with Gasteiger partial charge in [0.25, 0.3) is 21.2 Å². The Morgan fingerprint density at radius 2 is 1.15 bits per heavy atom. The molecule has 23 nitrogen and oxygen atoms in total. The molecular weight excluding hydrogens is 992 g/mol. The van der Waals surface area contributed by atoms with Gasteiger partial charge in [0.15, 0.2) is 11.4 Å². The lowest BCUT2D eigenvalue weighted by molar-refractivity contribution is -0.122. The third-order valence-corrected chi connectivity index (χ3v) is 14.6. The van der Waals surface area contributed by atoms with E-state index < -0.39 is 92.6 Å². The predicted molar refractivity (Wildman–Crippen MR) is 243 cm³/mol. The molecule has 6 atom stereocenters. The van der Waals surface area contributed by atoms with Crippen LogP contribution in [0.1, 0.15) is 66.6 Å². The van der Waals surface area contributed by atoms with E-state index in [1.165, 1.54) is 69.3 Å². The van der Waals surface area contributed by atoms with Crippen LogP contribution in [-0.2, 0) is 70.9 Å². The molecule has 6 unspecified atom stereocenters. The van der Waals surface area contributed by atoms with Crippen molar-refractivity contribution in [2.24, 2.45) is 0 Å². The number of nitrogens with zero attached hydrogens (tertiary/aromatic N) is 10. The molecule has 1 aromatic carbocycles. The van der Waals surface area contributed by atoms with Crippen molar-refractivity contribution in [2.45, 2.75) is 125 Å². The average molecular weight is 1040 g/mol. The first kappa shape index (κ1) is 54.3. The highest BCUT2D eigenvalue weighted by Gasteiger charge is 2.65. The molecule has 4 fully saturated rings. The number of benzene rings is 1. The van der Waals surface area contributed by atoms with Crippen LogP contribution in [0.4, 0.5) is 22.8 Å². The van der Waals surface area contributed by atoms with Crippen LogP contribution in [-0.4, -0.2) is 134 Å². The van der Waals surface area contributed by atoms with Gasteiger partial charge < -0.3 is 23.7 Å². The number of ether oxygens (including phenoxy) is 4. The minimum atomic E-state index is -3.96. The second-order valence-electron chi connectivity index (χ2n) is 18.2. The van der Waals surface area contributed by atoms with Gasteiger partial charge in [-0.15, -0.1) is 10.2 Å². The quantitative estimate of drug-likeness (QED) is 0.0560. The van der Waals surface area contributed by atoms with Gasteiger partial charge in [0.1, 0.15) is 54.8 Å². The predicted octanol–water partition coefficient (Wildman–Crippen LogP) is -1.90. The molecule has 0 saturated carbocycles. The number of hydrogen-bond donors (Lipinski definition) is 0. The fourth-order valence-corrected chi connectivity index (χ4v) is 10.4. The van der Waals surface area contributed by atoms with Crippen molar-refractivity contribution >= 4 is 37.5 Å². The maximum atomic E-state index is 15.1. The van der Waals surface area contributed by atoms with E-state index in [4.69, 9.17) is 38.8 Å². The van der Waals surface area contributed by atoms with Crippen LogP contribution >= 0.6 is 0 Å². The van der Waals surface area contributed by atoms with Crippen LogP contribution in [0.25, 0.3) is 0 Å². The molecule has 0 aliphatic carbocycles. The van der Waals surface area contributed by atoms with Crippen molar-refractivity contribution < 1.29 is 59.0 Å². The molecule has 30 heteroatoms. The van der Waals surface area contributed by atoms with Crippen molar-refractivity contribution in [1.29, 1.82) is 0 Å². The van der Waals surface area contributed by atoms with Crippen LogP contribution in [0, 0.1) is 20.8 Å². The molecular formula is C43H47B2F4N10O13S-. The highest BCUT2D eigenvalue weighted by Crippen LogP contribution is 2.55. The van der Waals surface area contributed by atoms with Crippen LogP contribution < -0.4 is 27.2 Å². The van der Waals surface area contributed by atoms with Crippen molar-refractivity contribution in [2.75, 3.05) is 26.5 Å². The summed E-state index contributed by atoms with van der Waals surface area (Å²) in [5.41, 5.74) is -6.10. The molecule has 73 heavy (non-hydrogen) atoms. The molecule has 388 valence electrons. The minimum Gasteiger partial charge on any atom is -1.00 e. The third kappa shape index (κ3) is 10.6. The Kier molecular flexibility index (Phi) is 15.4. The summed E-state index contributed by atoms with van der Waals surface area (Å²) in [4.78, 5) is 74.4. The first-order chi connectivity index (χ1) is 34.0. The highest BCUT2D eigenvalue weighted by molar-refractivity contribution is 7.86. The molecule has 4 aliphatic heterocycles. The summed E-state index contributed by atoms with van der Waals surface area (Å²) >= 11 is 0. The summed E-state index contributed by atoms with van der Waals surface area (Å²) in [5, 5.41) is 15.5. The third-order valence-electron chi connectivity index (χ3n) is 13.3. The number of carbonyl (C=O) groups is 2. The Bertz CT molecular complexity index is 3260. The van der Waals surface area contributed by atoms with Gasteiger partial charge in [-0.25, -0.2) is 32.1 Å². The van der Waals surface area contributed by atoms with Crippen LogP contribution in [0.3, 0.4) is 0 Å². The van der Waals surface area contributed by atoms with Crippen LogP contribution in [0.2, 0.25) is 0 Å². The molecule has 8 heterocycles. The molecule has 4 aromatic heterocycles. The van der Waals surface area contributed by atoms with Crippen molar-refractivity contribution in [3.8, 4) is 0 Å². The molecule has 4 saturated heterocycles. The Balaban J connectivity index is 0.000000219. The van der Waals surface area contributed by atoms with Gasteiger partial charge in [-0.3, -0.25) is 41.6 Å². The first-order valence-electron chi connectivity index (χ1n) is 22.5. The Hall–Kier alpha value is -6.52. The number of hydrogen-bond acceptors (Lipinski definition) is 17. The monoisotopic (exact) mass is 1040 g/mol. The van der Waals surface area contributed by atoms with E-state index in [1.807, 2.05) is 6.92 Å². The Morgan fingerprint density at radius 3 is 1.56 bits per heavy atom. The van der Waals surface area contributed by atoms with Gasteiger partial charge in [0.05, 0.1) is 50.1 Å². The summed E-state index contributed by atoms with van der Waals surface area (Å²) in [6.45, 7) is 2.90. The lowest BCUT2D eigenvalue weighted by Crippen LogP contribution is -3.00. The highest BCUT2D eigenvalue weighted by atomic mass is 32.2. The largest absolute Gasteiger partial charge is 1.00 e. The van der Waals surface area contributed by atoms with Crippen LogP contribution in [0.15, 0.2) is 73.1 Å². The summed E-state index contributed by atoms with van der Waals surface area (Å²) in [5.74, 6) is -2.11. The number of carbonyl (C=O) groups excluding carboxylic acids is 2. The van der Waals surface area contributed by atoms with Crippen molar-refractivity contribution in [3.05, 3.63) is 119 Å². The topological polar surface area (TPSA) is 264 Å². The van der Waals surface area contributed by atoms with E-state index in [0.717, 1.165) is 14.7 Å². The fourth-order valence-electron chi connectivity index (χ4n) is 9.54. The minimum absolute atomic E-state index is 0. The average Bonchev–Trinajstić information content (AvgIpc) is 4.20. The second kappa shape index (κ2) is 20.8. The number of rotatable bonds is 17. The zero-order chi connectivity index (χ0) is 52.0. The van der Waals surface area contributed by atoms with Crippen molar-refractivity contribution in [1.82, 2.24) is 48.3 Å². The Labute approximate surface area is 414 Å². The van der Waals surface area contributed by atoms with Gasteiger partial charge in [0.2, 0.25) is 27.4 Å². The number of aromatic nitrogens is 10. The lowest BCUT2D eigenvalue weighted by Gasteiger charge is -2.28. The number of alkyl halides is 3. The molecule has 0 amide bonds. The van der Waals surface area contributed by atoms with E-state index >= 15 is 4.39 Å². The van der Waals surface area contributed by atoms with Crippen LogP contribution in [0.5, 0.6) is 0 Å². The zero-order valence-electron chi connectivity index (χ0n) is 39.5. The Morgan fingerprint density at radius 1 is 0.712 bits per heavy atom. The van der Waals surface area contributed by atoms with E-state index in [2.05, 4.69) is 20.6 Å². The molecule has 5 aromatic rings. The number of aryl methyl sites for hydroxylation is 4. The van der Waals surface area contributed by atoms with Gasteiger partial charge in [-0.1, -0.05) is 28.1 Å². The van der Waals surface area contributed by atoms with E-state index in [0.29, 0.717) is 12.1 Å². The molecule has 4 bridgehead atoms. The van der Waals surface area contributed by atoms with Crippen molar-refractivity contribution in [3.63, 3.8) is 0 Å². The lowest BCUT2D eigenvalue weighted by atomic mass is 9.84. The number of fused-ring (bicyclic) bond motifs is 4. The standard InChI is InChI=1S/C25H27BFN5O8S.C18H20BF2N5O5.FH/c1-16-3-5-19(6-4-16)41(36,37)39-10-9-30-13-18(28-29-30)14-31-21(33)17(2)12-32(23(31)35)25-8-7-24(40-25,20(27)11-25)15-38-22(26)34;1-11-7-26(18-3-2-17(31-18,13(21)6-18)10-30-15(19)28)16(29)25(14(11)27)9-12-8-24(5-4-20)23-22-12;/h3-6,12-13,20H,7-11,14-15H2,1-2H3;7-8,13H,2-6,9-10H2,1H3;1H/p-1/i;20-1;1-1. The molecule has 0 spiro atoms. The maximum absolute atomic E-state index is 15.1. The smallest absolute Gasteiger partial charge is 0.333 e. The van der Waals surface area contributed by atoms with E-state index in [1.54, 1.807) is 12.1 Å². The summed E-state index contributed by atoms with van der Waals surface area (Å²) in [6, 6.07) is 6.23. The first-order valence-corrected chi connectivity index (χ1v) is 23.9. The molecule has 9 rings (SSSR count). The molecule has 4 radical (unpaired) electrons. The van der Waals surface area contributed by atoms with E-state index in [9.17, 15) is 46.0 Å². The second-order valence-corrected chi connectivity index (χ2v) is 19.8. The zero-order valence-corrected chi connectivity index (χ0v) is 40.3. The fraction of sp³-hybridized carbons (Fsp3) is 0.535. The number of halogens is 4. The summed E-state index contributed by atoms with van der Waals surface area (Å²) in [6.07, 6.45) is 3.21. The normalized spacial score (nSPS) is 24.7. The molecule has 0 N–H and O–H groups in total. The van der Waals surface area contributed by atoms with Gasteiger partial charge in [-0.2, -0.15) is 8.42 Å². The van der Waals surface area contributed by atoms with Gasteiger partial charge >= 0.3 is 11.4 Å². The van der Waals surface area contributed by atoms with E-state index in [-0.39, 0.29) is 97.9 Å². The SMILES string of the molecule is [18F-].[B]C(=O)OCC12CCC(n3cc(C)c(=O)n(Cc4cn(CCOS(=O)(=O)c5ccc(C)cc5)nn4)c3=O)(CC1F)O2.[B]C(=O)OCC12CCC(n3cc(C)c(=O)n(Cc4cn(CC[18F])nn4)c3=O)(CC1F)O2. The van der Waals surface area contributed by atoms with Gasteiger partial charge in [0, 0.05) is 36.4 Å². The van der Waals surface area contributed by atoms with Gasteiger partial charge in [-0.05, 0) is 58.6 Å². The molecule has 4 aliphatic rings. The summed E-state index contributed by atoms with van der Waals surface area (Å²) in [7, 11) is 6.07.